The highest BCUT2D eigenvalue weighted by Crippen LogP contribution is 2.09. The molecule has 7 heteroatoms. The van der Waals surface area contributed by atoms with Gasteiger partial charge in [0.05, 0.1) is 17.8 Å². The van der Waals surface area contributed by atoms with Crippen LogP contribution in [0.15, 0.2) is 48.8 Å². The molecule has 0 fully saturated rings. The lowest BCUT2D eigenvalue weighted by Gasteiger charge is -2.10. The van der Waals surface area contributed by atoms with Gasteiger partial charge >= 0.3 is 5.97 Å². The van der Waals surface area contributed by atoms with Crippen LogP contribution in [0.1, 0.15) is 40.1 Å². The van der Waals surface area contributed by atoms with Gasteiger partial charge in [-0.3, -0.25) is 0 Å². The Bertz CT molecular complexity index is 1030. The number of carboxylic acid groups (broad SMARTS) is 1. The number of hydrogen-bond acceptors (Lipinski definition) is 4. The number of pyridine rings is 1. The average molecular weight is 378 g/mol. The van der Waals surface area contributed by atoms with E-state index in [9.17, 15) is 14.3 Å². The van der Waals surface area contributed by atoms with Crippen LogP contribution in [-0.4, -0.2) is 25.6 Å². The highest BCUT2D eigenvalue weighted by Gasteiger charge is 2.09. The minimum absolute atomic E-state index is 0.155. The zero-order chi connectivity index (χ0) is 19.9. The van der Waals surface area contributed by atoms with Gasteiger partial charge in [-0.15, -0.1) is 0 Å². The molecule has 0 spiro atoms. The summed E-state index contributed by atoms with van der Waals surface area (Å²) in [6.45, 7) is 3.11. The van der Waals surface area contributed by atoms with Gasteiger partial charge in [0.25, 0.3) is 0 Å². The molecule has 0 saturated carbocycles. The predicted octanol–water partition coefficient (Wildman–Crippen LogP) is 2.82. The summed E-state index contributed by atoms with van der Waals surface area (Å²) in [7, 11) is 0. The van der Waals surface area contributed by atoms with Crippen LogP contribution in [0.3, 0.4) is 0 Å². The molecule has 2 aromatic heterocycles. The topological polar surface area (TPSA) is 80.0 Å². The molecule has 1 aromatic carbocycles. The molecule has 3 aromatic rings. The molecule has 0 saturated heterocycles. The summed E-state index contributed by atoms with van der Waals surface area (Å²) in [6.07, 6.45) is 3.57. The summed E-state index contributed by atoms with van der Waals surface area (Å²) in [4.78, 5) is 20.0. The van der Waals surface area contributed by atoms with Crippen molar-refractivity contribution in [2.75, 3.05) is 0 Å². The molecule has 0 amide bonds. The van der Waals surface area contributed by atoms with Crippen molar-refractivity contribution >= 4 is 5.97 Å². The monoisotopic (exact) mass is 378 g/mol. The molecule has 0 atom stereocenters. The van der Waals surface area contributed by atoms with E-state index in [0.717, 1.165) is 11.4 Å². The average Bonchev–Trinajstić information content (AvgIpc) is 3.11. The van der Waals surface area contributed by atoms with Gasteiger partial charge in [-0.05, 0) is 42.7 Å². The highest BCUT2D eigenvalue weighted by molar-refractivity contribution is 5.88. The molecule has 0 bridgehead atoms. The Labute approximate surface area is 162 Å². The van der Waals surface area contributed by atoms with E-state index in [2.05, 4.69) is 27.1 Å². The van der Waals surface area contributed by atoms with Crippen LogP contribution >= 0.6 is 0 Å². The SMILES string of the molecule is CC#Cc1cc(C(=O)O)cc(CNCc2nccn2Cc2ccc(F)cc2)n1. The van der Waals surface area contributed by atoms with Gasteiger partial charge in [-0.2, -0.15) is 0 Å². The van der Waals surface area contributed by atoms with E-state index in [0.29, 0.717) is 31.0 Å². The first-order valence-corrected chi connectivity index (χ1v) is 8.67. The molecular weight excluding hydrogens is 359 g/mol. The van der Waals surface area contributed by atoms with Crippen molar-refractivity contribution in [1.29, 1.82) is 0 Å². The molecule has 28 heavy (non-hydrogen) atoms. The predicted molar refractivity (Wildman–Crippen MR) is 102 cm³/mol. The van der Waals surface area contributed by atoms with Crippen molar-refractivity contribution < 1.29 is 14.3 Å². The Morgan fingerprint density at radius 3 is 2.75 bits per heavy atom. The molecule has 0 aliphatic rings. The number of aromatic nitrogens is 3. The highest BCUT2D eigenvalue weighted by atomic mass is 19.1. The molecule has 142 valence electrons. The summed E-state index contributed by atoms with van der Waals surface area (Å²) in [5, 5.41) is 12.5. The minimum atomic E-state index is -1.02. The van der Waals surface area contributed by atoms with E-state index in [4.69, 9.17) is 0 Å². The zero-order valence-electron chi connectivity index (χ0n) is 15.3. The van der Waals surface area contributed by atoms with Crippen LogP contribution in [0, 0.1) is 17.7 Å². The summed E-state index contributed by atoms with van der Waals surface area (Å²) in [5.74, 6) is 5.05. The number of rotatable bonds is 7. The van der Waals surface area contributed by atoms with Crippen molar-refractivity contribution in [3.05, 3.63) is 82.9 Å². The fourth-order valence-corrected chi connectivity index (χ4v) is 2.73. The van der Waals surface area contributed by atoms with Crippen molar-refractivity contribution in [2.24, 2.45) is 0 Å². The van der Waals surface area contributed by atoms with E-state index in [1.54, 1.807) is 25.3 Å². The van der Waals surface area contributed by atoms with Crippen molar-refractivity contribution in [3.8, 4) is 11.8 Å². The van der Waals surface area contributed by atoms with Gasteiger partial charge in [0.2, 0.25) is 0 Å². The second kappa shape index (κ2) is 8.93. The van der Waals surface area contributed by atoms with Gasteiger partial charge < -0.3 is 15.0 Å². The maximum atomic E-state index is 13.0. The quantitative estimate of drug-likeness (QED) is 0.618. The maximum Gasteiger partial charge on any atom is 0.335 e. The molecule has 2 heterocycles. The number of nitrogens with zero attached hydrogens (tertiary/aromatic N) is 3. The Morgan fingerprint density at radius 1 is 1.25 bits per heavy atom. The third kappa shape index (κ3) is 5.02. The van der Waals surface area contributed by atoms with Gasteiger partial charge in [0.1, 0.15) is 17.3 Å². The number of imidazole rings is 1. The Morgan fingerprint density at radius 2 is 2.04 bits per heavy atom. The fraction of sp³-hybridized carbons (Fsp3) is 0.190. The van der Waals surface area contributed by atoms with Crippen LogP contribution in [0.5, 0.6) is 0 Å². The normalized spacial score (nSPS) is 10.4. The lowest BCUT2D eigenvalue weighted by molar-refractivity contribution is 0.0696. The number of carboxylic acids is 1. The van der Waals surface area contributed by atoms with Crippen molar-refractivity contribution in [1.82, 2.24) is 19.9 Å². The smallest absolute Gasteiger partial charge is 0.335 e. The first-order chi connectivity index (χ1) is 13.5. The number of benzene rings is 1. The summed E-state index contributed by atoms with van der Waals surface area (Å²) >= 11 is 0. The Balaban J connectivity index is 1.65. The standard InChI is InChI=1S/C21H19FN4O2/c1-2-3-18-10-16(21(27)28)11-19(25-18)12-23-13-20-24-8-9-26(20)14-15-4-6-17(22)7-5-15/h4-11,23H,12-14H2,1H3,(H,27,28). The number of nitrogens with one attached hydrogen (secondary N) is 1. The summed E-state index contributed by atoms with van der Waals surface area (Å²) < 4.78 is 15.0. The van der Waals surface area contributed by atoms with Crippen LogP contribution in [0.4, 0.5) is 4.39 Å². The second-order valence-electron chi connectivity index (χ2n) is 6.11. The van der Waals surface area contributed by atoms with E-state index >= 15 is 0 Å². The summed E-state index contributed by atoms with van der Waals surface area (Å²) in [6, 6.07) is 9.33. The molecule has 0 radical (unpaired) electrons. The van der Waals surface area contributed by atoms with Gasteiger partial charge in [-0.1, -0.05) is 18.1 Å². The summed E-state index contributed by atoms with van der Waals surface area (Å²) in [5.41, 5.74) is 2.15. The van der Waals surface area contributed by atoms with Crippen LogP contribution < -0.4 is 5.32 Å². The van der Waals surface area contributed by atoms with Gasteiger partial charge in [0, 0.05) is 25.5 Å². The number of hydrogen-bond donors (Lipinski definition) is 2. The van der Waals surface area contributed by atoms with Crippen LogP contribution in [0.25, 0.3) is 0 Å². The first kappa shape index (κ1) is 19.3. The Kier molecular flexibility index (Phi) is 6.14. The van der Waals surface area contributed by atoms with Crippen LogP contribution in [-0.2, 0) is 19.6 Å². The molecular formula is C21H19FN4O2. The Hall–Kier alpha value is -3.50. The largest absolute Gasteiger partial charge is 0.478 e. The number of halogens is 1. The van der Waals surface area contributed by atoms with Crippen molar-refractivity contribution in [3.63, 3.8) is 0 Å². The first-order valence-electron chi connectivity index (χ1n) is 8.67. The van der Waals surface area contributed by atoms with Crippen LogP contribution in [0.2, 0.25) is 0 Å². The zero-order valence-corrected chi connectivity index (χ0v) is 15.3. The molecule has 0 aliphatic heterocycles. The fourth-order valence-electron chi connectivity index (χ4n) is 2.73. The van der Waals surface area contributed by atoms with E-state index < -0.39 is 5.97 Å². The van der Waals surface area contributed by atoms with E-state index in [-0.39, 0.29) is 11.4 Å². The third-order valence-electron chi connectivity index (χ3n) is 4.04. The van der Waals surface area contributed by atoms with Crippen molar-refractivity contribution in [2.45, 2.75) is 26.6 Å². The second-order valence-corrected chi connectivity index (χ2v) is 6.11. The number of carbonyl (C=O) groups is 1. The van der Waals surface area contributed by atoms with E-state index in [1.165, 1.54) is 24.3 Å². The van der Waals surface area contributed by atoms with Gasteiger partial charge in [0.15, 0.2) is 0 Å². The molecule has 0 aliphatic carbocycles. The lowest BCUT2D eigenvalue weighted by atomic mass is 10.2. The molecule has 3 rings (SSSR count). The van der Waals surface area contributed by atoms with Gasteiger partial charge in [-0.25, -0.2) is 19.2 Å². The molecule has 2 N–H and O–H groups in total. The third-order valence-corrected chi connectivity index (χ3v) is 4.04. The maximum absolute atomic E-state index is 13.0. The van der Waals surface area contributed by atoms with E-state index in [1.807, 2.05) is 10.8 Å². The minimum Gasteiger partial charge on any atom is -0.478 e. The lowest BCUT2D eigenvalue weighted by Crippen LogP contribution is -2.18. The molecule has 0 unspecified atom stereocenters. The number of aromatic carboxylic acids is 1. The molecule has 6 nitrogen and oxygen atoms in total.